The zero-order valence-corrected chi connectivity index (χ0v) is 7.23. The summed E-state index contributed by atoms with van der Waals surface area (Å²) in [6.07, 6.45) is 5.22. The molecule has 0 aromatic carbocycles. The van der Waals surface area contributed by atoms with Gasteiger partial charge >= 0.3 is 0 Å². The van der Waals surface area contributed by atoms with Crippen molar-refractivity contribution >= 4 is 23.7 Å². The first-order valence-corrected chi connectivity index (χ1v) is 4.39. The van der Waals surface area contributed by atoms with E-state index in [1.807, 2.05) is 12.1 Å². The Kier molecular flexibility index (Phi) is 3.05. The van der Waals surface area contributed by atoms with Crippen molar-refractivity contribution in [3.63, 3.8) is 0 Å². The van der Waals surface area contributed by atoms with Crippen LogP contribution < -0.4 is 0 Å². The highest BCUT2D eigenvalue weighted by Crippen LogP contribution is 2.17. The van der Waals surface area contributed by atoms with Gasteiger partial charge in [-0.3, -0.25) is 4.79 Å². The van der Waals surface area contributed by atoms with Gasteiger partial charge in [0.15, 0.2) is 0 Å². The molecule has 1 aromatic heterocycles. The van der Waals surface area contributed by atoms with Crippen LogP contribution in [0, 0.1) is 0 Å². The van der Waals surface area contributed by atoms with Gasteiger partial charge in [0, 0.05) is 9.75 Å². The van der Waals surface area contributed by atoms with Gasteiger partial charge in [-0.25, -0.2) is 0 Å². The molecule has 0 saturated carbocycles. The van der Waals surface area contributed by atoms with Crippen LogP contribution in [0.2, 0.25) is 0 Å². The average molecular weight is 166 g/mol. The molecule has 1 heterocycles. The van der Waals surface area contributed by atoms with E-state index in [4.69, 9.17) is 0 Å². The number of hydrogen-bond donors (Lipinski definition) is 0. The summed E-state index contributed by atoms with van der Waals surface area (Å²) in [5, 5.41) is 0. The lowest BCUT2D eigenvalue weighted by molar-refractivity contribution is -0.104. The highest BCUT2D eigenvalue weighted by Gasteiger charge is 1.92. The summed E-state index contributed by atoms with van der Waals surface area (Å²) < 4.78 is 0. The molecular weight excluding hydrogens is 156 g/mol. The Hall–Kier alpha value is -0.890. The molecule has 0 amide bonds. The number of carbonyl (C=O) groups excluding carboxylic acids is 1. The van der Waals surface area contributed by atoms with E-state index in [9.17, 15) is 4.79 Å². The number of thiophene rings is 1. The van der Waals surface area contributed by atoms with Gasteiger partial charge in [0.25, 0.3) is 0 Å². The van der Waals surface area contributed by atoms with Crippen molar-refractivity contribution in [1.29, 1.82) is 0 Å². The molecule has 0 bridgehead atoms. The molecule has 1 rings (SSSR count). The fourth-order valence-electron chi connectivity index (χ4n) is 0.808. The molecular formula is C9H10OS. The van der Waals surface area contributed by atoms with E-state index in [0.717, 1.165) is 17.6 Å². The molecule has 1 aromatic rings. The summed E-state index contributed by atoms with van der Waals surface area (Å²) in [5.41, 5.74) is 0. The van der Waals surface area contributed by atoms with Crippen molar-refractivity contribution in [3.05, 3.63) is 28.0 Å². The Bertz CT molecular complexity index is 260. The standard InChI is InChI=1S/C9H10OS/c1-2-8-5-6-9(11-8)4-3-7-10/h3-7H,2H2,1H3. The van der Waals surface area contributed by atoms with Gasteiger partial charge in [0.1, 0.15) is 6.29 Å². The van der Waals surface area contributed by atoms with Crippen molar-refractivity contribution in [3.8, 4) is 0 Å². The van der Waals surface area contributed by atoms with Crippen molar-refractivity contribution in [2.24, 2.45) is 0 Å². The summed E-state index contributed by atoms with van der Waals surface area (Å²) in [6, 6.07) is 4.12. The molecule has 1 nitrogen and oxygen atoms in total. The predicted octanol–water partition coefficient (Wildman–Crippen LogP) is 2.52. The largest absolute Gasteiger partial charge is 0.299 e. The van der Waals surface area contributed by atoms with Crippen LogP contribution in [0.5, 0.6) is 0 Å². The normalized spacial score (nSPS) is 10.6. The molecule has 11 heavy (non-hydrogen) atoms. The maximum Gasteiger partial charge on any atom is 0.142 e. The Morgan fingerprint density at radius 3 is 2.91 bits per heavy atom. The smallest absolute Gasteiger partial charge is 0.142 e. The lowest BCUT2D eigenvalue weighted by atomic mass is 10.3. The Balaban J connectivity index is 2.72. The third-order valence-electron chi connectivity index (χ3n) is 1.37. The third-order valence-corrected chi connectivity index (χ3v) is 2.56. The highest BCUT2D eigenvalue weighted by atomic mass is 32.1. The van der Waals surface area contributed by atoms with Crippen LogP contribution in [0.25, 0.3) is 6.08 Å². The second-order valence-corrected chi connectivity index (χ2v) is 3.35. The number of carbonyl (C=O) groups is 1. The van der Waals surface area contributed by atoms with Gasteiger partial charge in [0.05, 0.1) is 0 Å². The number of allylic oxidation sites excluding steroid dienone is 1. The number of aryl methyl sites for hydroxylation is 1. The number of aldehydes is 1. The van der Waals surface area contributed by atoms with Crippen LogP contribution in [0.1, 0.15) is 16.7 Å². The minimum atomic E-state index is 0.797. The molecule has 0 spiro atoms. The summed E-state index contributed by atoms with van der Waals surface area (Å²) in [4.78, 5) is 12.5. The molecule has 0 aliphatic rings. The zero-order chi connectivity index (χ0) is 8.10. The molecule has 0 radical (unpaired) electrons. The van der Waals surface area contributed by atoms with E-state index in [-0.39, 0.29) is 0 Å². The molecule has 0 atom stereocenters. The third kappa shape index (κ3) is 2.31. The second kappa shape index (κ2) is 4.09. The molecule has 0 aliphatic carbocycles. The molecule has 0 fully saturated rings. The minimum Gasteiger partial charge on any atom is -0.299 e. The average Bonchev–Trinajstić information content (AvgIpc) is 2.48. The molecule has 0 N–H and O–H groups in total. The van der Waals surface area contributed by atoms with E-state index >= 15 is 0 Å². The van der Waals surface area contributed by atoms with Gasteiger partial charge in [-0.1, -0.05) is 6.92 Å². The Labute approximate surface area is 70.4 Å². The molecule has 2 heteroatoms. The topological polar surface area (TPSA) is 17.1 Å². The first kappa shape index (κ1) is 8.21. The lowest BCUT2D eigenvalue weighted by Gasteiger charge is -1.82. The van der Waals surface area contributed by atoms with Gasteiger partial charge in [-0.2, -0.15) is 0 Å². The summed E-state index contributed by atoms with van der Waals surface area (Å²) in [7, 11) is 0. The number of hydrogen-bond acceptors (Lipinski definition) is 2. The first-order chi connectivity index (χ1) is 5.36. The van der Waals surface area contributed by atoms with Gasteiger partial charge in [-0.15, -0.1) is 11.3 Å². The number of rotatable bonds is 3. The van der Waals surface area contributed by atoms with Gasteiger partial charge < -0.3 is 0 Å². The first-order valence-electron chi connectivity index (χ1n) is 3.57. The van der Waals surface area contributed by atoms with E-state index in [0.29, 0.717) is 0 Å². The van der Waals surface area contributed by atoms with Crippen LogP contribution in [-0.2, 0) is 11.2 Å². The quantitative estimate of drug-likeness (QED) is 0.498. The minimum absolute atomic E-state index is 0.797. The van der Waals surface area contributed by atoms with Crippen molar-refractivity contribution in [2.45, 2.75) is 13.3 Å². The van der Waals surface area contributed by atoms with Crippen molar-refractivity contribution in [1.82, 2.24) is 0 Å². The summed E-state index contributed by atoms with van der Waals surface area (Å²) in [5.74, 6) is 0. The SMILES string of the molecule is CCc1ccc(C=CC=O)s1. The molecule has 0 unspecified atom stereocenters. The lowest BCUT2D eigenvalue weighted by Crippen LogP contribution is -1.63. The molecule has 0 saturated heterocycles. The zero-order valence-electron chi connectivity index (χ0n) is 6.41. The maximum absolute atomic E-state index is 9.97. The summed E-state index contributed by atoms with van der Waals surface area (Å²) in [6.45, 7) is 2.12. The van der Waals surface area contributed by atoms with E-state index in [2.05, 4.69) is 13.0 Å². The Morgan fingerprint density at radius 2 is 2.36 bits per heavy atom. The predicted molar refractivity (Wildman–Crippen MR) is 48.8 cm³/mol. The van der Waals surface area contributed by atoms with Crippen molar-refractivity contribution < 1.29 is 4.79 Å². The Morgan fingerprint density at radius 1 is 1.55 bits per heavy atom. The fraction of sp³-hybridized carbons (Fsp3) is 0.222. The van der Waals surface area contributed by atoms with Gasteiger partial charge in [0.2, 0.25) is 0 Å². The van der Waals surface area contributed by atoms with E-state index in [1.165, 1.54) is 11.0 Å². The van der Waals surface area contributed by atoms with Crippen LogP contribution in [-0.4, -0.2) is 6.29 Å². The van der Waals surface area contributed by atoms with Crippen LogP contribution in [0.3, 0.4) is 0 Å². The second-order valence-electron chi connectivity index (χ2n) is 2.15. The fourth-order valence-corrected chi connectivity index (χ4v) is 1.67. The summed E-state index contributed by atoms with van der Waals surface area (Å²) >= 11 is 1.73. The van der Waals surface area contributed by atoms with E-state index < -0.39 is 0 Å². The highest BCUT2D eigenvalue weighted by molar-refractivity contribution is 7.12. The van der Waals surface area contributed by atoms with Crippen LogP contribution in [0.4, 0.5) is 0 Å². The molecule has 58 valence electrons. The monoisotopic (exact) mass is 166 g/mol. The van der Waals surface area contributed by atoms with E-state index in [1.54, 1.807) is 11.3 Å². The van der Waals surface area contributed by atoms with Crippen LogP contribution >= 0.6 is 11.3 Å². The maximum atomic E-state index is 9.97. The van der Waals surface area contributed by atoms with Gasteiger partial charge in [-0.05, 0) is 30.7 Å². The van der Waals surface area contributed by atoms with Crippen LogP contribution in [0.15, 0.2) is 18.2 Å². The molecule has 0 aliphatic heterocycles. The van der Waals surface area contributed by atoms with Crippen molar-refractivity contribution in [2.75, 3.05) is 0 Å².